The number of benzene rings is 1. The largest absolute Gasteiger partial charge is 0.395 e. The predicted octanol–water partition coefficient (Wildman–Crippen LogP) is 2.28. The lowest BCUT2D eigenvalue weighted by Crippen LogP contribution is -2.35. The van der Waals surface area contributed by atoms with Crippen LogP contribution in [0, 0.1) is 0 Å². The molecule has 130 valence electrons. The second-order valence-electron chi connectivity index (χ2n) is 6.21. The van der Waals surface area contributed by atoms with Gasteiger partial charge < -0.3 is 10.4 Å². The van der Waals surface area contributed by atoms with E-state index in [1.807, 2.05) is 26.0 Å². The predicted molar refractivity (Wildman–Crippen MR) is 91.8 cm³/mol. The highest BCUT2D eigenvalue weighted by Crippen LogP contribution is 2.22. The minimum absolute atomic E-state index is 0.0572. The summed E-state index contributed by atoms with van der Waals surface area (Å²) in [6.07, 6.45) is 3.84. The van der Waals surface area contributed by atoms with Crippen LogP contribution in [0.15, 0.2) is 29.2 Å². The van der Waals surface area contributed by atoms with E-state index >= 15 is 0 Å². The van der Waals surface area contributed by atoms with Crippen LogP contribution in [-0.4, -0.2) is 43.6 Å². The molecule has 1 aromatic rings. The third kappa shape index (κ3) is 4.53. The number of aliphatic hydroxyl groups is 1. The van der Waals surface area contributed by atoms with Gasteiger partial charge in [-0.25, -0.2) is 8.42 Å². The normalized spacial score (nSPS) is 19.4. The summed E-state index contributed by atoms with van der Waals surface area (Å²) in [5, 5.41) is 12.6. The Morgan fingerprint density at radius 2 is 1.78 bits per heavy atom. The molecule has 0 bridgehead atoms. The van der Waals surface area contributed by atoms with Gasteiger partial charge in [-0.2, -0.15) is 4.31 Å². The van der Waals surface area contributed by atoms with Crippen molar-refractivity contribution >= 4 is 10.0 Å². The van der Waals surface area contributed by atoms with Crippen molar-refractivity contribution < 1.29 is 13.5 Å². The molecule has 2 atom stereocenters. The zero-order chi connectivity index (χ0) is 16.9. The molecule has 1 fully saturated rings. The first-order valence-corrected chi connectivity index (χ1v) is 9.90. The molecule has 2 N–H and O–H groups in total. The topological polar surface area (TPSA) is 69.6 Å². The second kappa shape index (κ2) is 8.24. The Hall–Kier alpha value is -0.950. The summed E-state index contributed by atoms with van der Waals surface area (Å²) in [5.74, 6) is 0. The van der Waals surface area contributed by atoms with Crippen molar-refractivity contribution in [2.45, 2.75) is 56.5 Å². The van der Waals surface area contributed by atoms with Gasteiger partial charge in [0.1, 0.15) is 0 Å². The van der Waals surface area contributed by atoms with E-state index in [0.717, 1.165) is 31.2 Å². The number of sulfonamides is 1. The van der Waals surface area contributed by atoms with E-state index in [-0.39, 0.29) is 18.7 Å². The van der Waals surface area contributed by atoms with E-state index in [1.165, 1.54) is 0 Å². The van der Waals surface area contributed by atoms with Crippen molar-refractivity contribution in [3.63, 3.8) is 0 Å². The molecule has 0 radical (unpaired) electrons. The van der Waals surface area contributed by atoms with Gasteiger partial charge in [0.2, 0.25) is 10.0 Å². The summed E-state index contributed by atoms with van der Waals surface area (Å²) in [6, 6.07) is 7.23. The average Bonchev–Trinajstić information content (AvgIpc) is 2.60. The first-order valence-electron chi connectivity index (χ1n) is 8.46. The Morgan fingerprint density at radius 3 is 2.30 bits per heavy atom. The van der Waals surface area contributed by atoms with Crippen molar-refractivity contribution in [1.29, 1.82) is 0 Å². The number of nitrogens with one attached hydrogen (secondary N) is 1. The molecule has 1 aromatic carbocycles. The maximum absolute atomic E-state index is 12.6. The van der Waals surface area contributed by atoms with Crippen molar-refractivity contribution in [2.75, 3.05) is 19.7 Å². The van der Waals surface area contributed by atoms with Crippen LogP contribution in [0.4, 0.5) is 0 Å². The van der Waals surface area contributed by atoms with Crippen LogP contribution in [0.1, 0.15) is 51.1 Å². The van der Waals surface area contributed by atoms with Crippen LogP contribution in [0.2, 0.25) is 0 Å². The van der Waals surface area contributed by atoms with E-state index in [0.29, 0.717) is 18.0 Å². The molecule has 0 aliphatic carbocycles. The van der Waals surface area contributed by atoms with Gasteiger partial charge in [-0.1, -0.05) is 25.5 Å². The van der Waals surface area contributed by atoms with E-state index in [9.17, 15) is 13.5 Å². The molecule has 6 heteroatoms. The van der Waals surface area contributed by atoms with Gasteiger partial charge in [-0.15, -0.1) is 0 Å². The Bertz CT molecular complexity index is 576. The molecule has 0 saturated carbocycles. The Kier molecular flexibility index (Phi) is 6.59. The van der Waals surface area contributed by atoms with Crippen LogP contribution in [-0.2, 0) is 10.0 Å². The van der Waals surface area contributed by atoms with Crippen LogP contribution in [0.5, 0.6) is 0 Å². The molecule has 1 heterocycles. The van der Waals surface area contributed by atoms with Crippen molar-refractivity contribution in [3.8, 4) is 0 Å². The highest BCUT2D eigenvalue weighted by molar-refractivity contribution is 7.89. The minimum Gasteiger partial charge on any atom is -0.395 e. The summed E-state index contributed by atoms with van der Waals surface area (Å²) in [5.41, 5.74) is 1.02. The van der Waals surface area contributed by atoms with Gasteiger partial charge in [-0.3, -0.25) is 0 Å². The summed E-state index contributed by atoms with van der Waals surface area (Å²) in [6.45, 7) is 5.39. The highest BCUT2D eigenvalue weighted by atomic mass is 32.2. The monoisotopic (exact) mass is 340 g/mol. The van der Waals surface area contributed by atoms with Gasteiger partial charge in [0.15, 0.2) is 0 Å². The molecule has 1 aliphatic heterocycles. The summed E-state index contributed by atoms with van der Waals surface area (Å²) >= 11 is 0. The van der Waals surface area contributed by atoms with Crippen molar-refractivity contribution in [2.24, 2.45) is 0 Å². The fourth-order valence-corrected chi connectivity index (χ4v) is 4.45. The first-order chi connectivity index (χ1) is 11.0. The molecule has 1 saturated heterocycles. The van der Waals surface area contributed by atoms with Crippen molar-refractivity contribution in [1.82, 2.24) is 9.62 Å². The van der Waals surface area contributed by atoms with Crippen LogP contribution >= 0.6 is 0 Å². The lowest BCUT2D eigenvalue weighted by molar-refractivity contribution is 0.230. The molecule has 0 spiro atoms. The number of hydrogen-bond acceptors (Lipinski definition) is 4. The third-order valence-corrected chi connectivity index (χ3v) is 6.44. The van der Waals surface area contributed by atoms with E-state index in [1.54, 1.807) is 16.4 Å². The molecule has 0 amide bonds. The zero-order valence-electron chi connectivity index (χ0n) is 14.0. The van der Waals surface area contributed by atoms with E-state index in [4.69, 9.17) is 0 Å². The molecule has 23 heavy (non-hydrogen) atoms. The Balaban J connectivity index is 2.09. The van der Waals surface area contributed by atoms with Gasteiger partial charge in [-0.05, 0) is 43.9 Å². The maximum atomic E-state index is 12.6. The fraction of sp³-hybridized carbons (Fsp3) is 0.647. The standard InChI is InChI=1S/C17H28N2O3S/c1-3-16(13-20)18-14(2)15-7-9-17(10-8-15)23(21,22)19-11-5-4-6-12-19/h7-10,14,16,18,20H,3-6,11-13H2,1-2H3. The lowest BCUT2D eigenvalue weighted by Gasteiger charge is -2.26. The van der Waals surface area contributed by atoms with Gasteiger partial charge in [0, 0.05) is 25.2 Å². The van der Waals surface area contributed by atoms with Gasteiger partial charge in [0.25, 0.3) is 0 Å². The number of hydrogen-bond donors (Lipinski definition) is 2. The number of nitrogens with zero attached hydrogens (tertiary/aromatic N) is 1. The Labute approximate surface area is 139 Å². The molecule has 2 rings (SSSR count). The number of piperidine rings is 1. The van der Waals surface area contributed by atoms with Gasteiger partial charge in [0.05, 0.1) is 11.5 Å². The molecular formula is C17H28N2O3S. The van der Waals surface area contributed by atoms with Crippen LogP contribution in [0.25, 0.3) is 0 Å². The SMILES string of the molecule is CCC(CO)NC(C)c1ccc(S(=O)(=O)N2CCCCC2)cc1. The molecule has 5 nitrogen and oxygen atoms in total. The highest BCUT2D eigenvalue weighted by Gasteiger charge is 2.25. The minimum atomic E-state index is -3.36. The first kappa shape index (κ1) is 18.4. The summed E-state index contributed by atoms with van der Waals surface area (Å²) in [7, 11) is -3.36. The van der Waals surface area contributed by atoms with E-state index in [2.05, 4.69) is 5.32 Å². The molecule has 1 aliphatic rings. The van der Waals surface area contributed by atoms with E-state index < -0.39 is 10.0 Å². The maximum Gasteiger partial charge on any atom is 0.243 e. The van der Waals surface area contributed by atoms with Crippen LogP contribution in [0.3, 0.4) is 0 Å². The third-order valence-electron chi connectivity index (χ3n) is 4.53. The zero-order valence-corrected chi connectivity index (χ0v) is 14.8. The summed E-state index contributed by atoms with van der Waals surface area (Å²) < 4.78 is 26.8. The average molecular weight is 340 g/mol. The smallest absolute Gasteiger partial charge is 0.243 e. The molecule has 2 unspecified atom stereocenters. The molecule has 0 aromatic heterocycles. The lowest BCUT2D eigenvalue weighted by atomic mass is 10.1. The fourth-order valence-electron chi connectivity index (χ4n) is 2.93. The number of aliphatic hydroxyl groups excluding tert-OH is 1. The summed E-state index contributed by atoms with van der Waals surface area (Å²) in [4.78, 5) is 0.365. The number of rotatable bonds is 7. The van der Waals surface area contributed by atoms with Crippen molar-refractivity contribution in [3.05, 3.63) is 29.8 Å². The van der Waals surface area contributed by atoms with Gasteiger partial charge >= 0.3 is 0 Å². The quantitative estimate of drug-likeness (QED) is 0.799. The van der Waals surface area contributed by atoms with Crippen LogP contribution < -0.4 is 5.32 Å². The molecular weight excluding hydrogens is 312 g/mol. The second-order valence-corrected chi connectivity index (χ2v) is 8.15. The Morgan fingerprint density at radius 1 is 1.17 bits per heavy atom.